The third kappa shape index (κ3) is 2.48. The maximum absolute atomic E-state index is 12.2. The van der Waals surface area contributed by atoms with Crippen molar-refractivity contribution in [3.05, 3.63) is 35.9 Å². The number of hydrazone groups is 1. The largest absolute Gasteiger partial charge is 0.485 e. The molecule has 0 aromatic heterocycles. The van der Waals surface area contributed by atoms with Gasteiger partial charge in [-0.1, -0.05) is 32.1 Å². The Bertz CT molecular complexity index is 723. The molecule has 0 radical (unpaired) electrons. The molecule has 126 valence electrons. The van der Waals surface area contributed by atoms with Gasteiger partial charge in [-0.2, -0.15) is 5.10 Å². The molecule has 0 saturated heterocycles. The normalized spacial score (nSPS) is 29.6. The molecule has 3 atom stereocenters. The molecule has 1 aromatic rings. The zero-order chi connectivity index (χ0) is 16.7. The summed E-state index contributed by atoms with van der Waals surface area (Å²) in [5.74, 6) is 2.31. The van der Waals surface area contributed by atoms with Gasteiger partial charge in [0, 0.05) is 0 Å². The SMILES string of the molecule is CC1(C)C2CC=C(/C=N/NC(=O)C3COc4ccccc4O3)C1C2. The molecule has 0 spiro atoms. The molecule has 24 heavy (non-hydrogen) atoms. The van der Waals surface area contributed by atoms with Crippen LogP contribution in [-0.4, -0.2) is 24.8 Å². The predicted molar refractivity (Wildman–Crippen MR) is 91.1 cm³/mol. The topological polar surface area (TPSA) is 59.9 Å². The number of carbonyl (C=O) groups excluding carboxylic acids is 1. The van der Waals surface area contributed by atoms with Crippen LogP contribution >= 0.6 is 0 Å². The zero-order valence-electron chi connectivity index (χ0n) is 14.0. The molecule has 1 heterocycles. The Kier molecular flexibility index (Phi) is 3.59. The van der Waals surface area contributed by atoms with Crippen molar-refractivity contribution < 1.29 is 14.3 Å². The second kappa shape index (κ2) is 5.65. The average molecular weight is 326 g/mol. The fraction of sp³-hybridized carbons (Fsp3) is 0.474. The molecule has 5 rings (SSSR count). The van der Waals surface area contributed by atoms with E-state index >= 15 is 0 Å². The highest BCUT2D eigenvalue weighted by Crippen LogP contribution is 2.58. The fourth-order valence-electron chi connectivity index (χ4n) is 3.94. The van der Waals surface area contributed by atoms with Crippen molar-refractivity contribution in [1.29, 1.82) is 0 Å². The smallest absolute Gasteiger partial charge is 0.284 e. The van der Waals surface area contributed by atoms with E-state index in [0.29, 0.717) is 22.8 Å². The number of benzene rings is 1. The molecule has 1 N–H and O–H groups in total. The van der Waals surface area contributed by atoms with Gasteiger partial charge in [-0.25, -0.2) is 5.43 Å². The lowest BCUT2D eigenvalue weighted by atomic mass is 9.49. The molecule has 4 aliphatic rings. The van der Waals surface area contributed by atoms with Crippen LogP contribution in [0.25, 0.3) is 0 Å². The quantitative estimate of drug-likeness (QED) is 0.686. The molecule has 5 nitrogen and oxygen atoms in total. The number of rotatable bonds is 3. The highest BCUT2D eigenvalue weighted by molar-refractivity contribution is 5.85. The summed E-state index contributed by atoms with van der Waals surface area (Å²) < 4.78 is 11.2. The third-order valence-corrected chi connectivity index (χ3v) is 5.70. The molecular weight excluding hydrogens is 304 g/mol. The zero-order valence-corrected chi connectivity index (χ0v) is 14.0. The summed E-state index contributed by atoms with van der Waals surface area (Å²) in [7, 11) is 0. The number of allylic oxidation sites excluding steroid dienone is 2. The van der Waals surface area contributed by atoms with Gasteiger partial charge < -0.3 is 9.47 Å². The van der Waals surface area contributed by atoms with Gasteiger partial charge in [0.1, 0.15) is 6.61 Å². The van der Waals surface area contributed by atoms with Gasteiger partial charge in [-0.3, -0.25) is 4.79 Å². The van der Waals surface area contributed by atoms with Crippen molar-refractivity contribution in [3.63, 3.8) is 0 Å². The number of hydrogen-bond donors (Lipinski definition) is 1. The molecule has 3 unspecified atom stereocenters. The summed E-state index contributed by atoms with van der Waals surface area (Å²) in [5, 5.41) is 4.14. The van der Waals surface area contributed by atoms with E-state index in [0.717, 1.165) is 12.3 Å². The van der Waals surface area contributed by atoms with Crippen molar-refractivity contribution in [2.45, 2.75) is 32.8 Å². The van der Waals surface area contributed by atoms with Gasteiger partial charge in [0.2, 0.25) is 6.10 Å². The Morgan fingerprint density at radius 3 is 2.88 bits per heavy atom. The summed E-state index contributed by atoms with van der Waals surface area (Å²) >= 11 is 0. The lowest BCUT2D eigenvalue weighted by Gasteiger charge is -2.55. The van der Waals surface area contributed by atoms with E-state index in [-0.39, 0.29) is 12.5 Å². The fourth-order valence-corrected chi connectivity index (χ4v) is 3.94. The number of carbonyl (C=O) groups is 1. The number of ether oxygens (including phenoxy) is 2. The molecule has 5 heteroatoms. The number of hydrogen-bond acceptors (Lipinski definition) is 4. The minimum atomic E-state index is -0.679. The standard InChI is InChI=1S/C19H22N2O3/c1-19(2)13-8-7-12(14(19)9-13)10-20-21-18(22)17-11-23-15-5-3-4-6-16(15)24-17/h3-7,10,13-14,17H,8-9,11H2,1-2H3,(H,21,22)/b20-10+. The highest BCUT2D eigenvalue weighted by atomic mass is 16.6. The lowest BCUT2D eigenvalue weighted by Crippen LogP contribution is -2.48. The van der Waals surface area contributed by atoms with Crippen LogP contribution in [0.15, 0.2) is 41.0 Å². The first-order chi connectivity index (χ1) is 11.6. The number of fused-ring (bicyclic) bond motifs is 2. The number of nitrogens with one attached hydrogen (secondary N) is 1. The summed E-state index contributed by atoms with van der Waals surface area (Å²) in [6.07, 6.45) is 5.69. The number of para-hydroxylation sites is 2. The van der Waals surface area contributed by atoms with Crippen LogP contribution in [0.3, 0.4) is 0 Å². The van der Waals surface area contributed by atoms with Crippen LogP contribution < -0.4 is 14.9 Å². The maximum Gasteiger partial charge on any atom is 0.284 e. The summed E-state index contributed by atoms with van der Waals surface area (Å²) in [6.45, 7) is 4.82. The van der Waals surface area contributed by atoms with Crippen LogP contribution in [0.1, 0.15) is 26.7 Å². The van der Waals surface area contributed by atoms with Crippen molar-refractivity contribution >= 4 is 12.1 Å². The van der Waals surface area contributed by atoms with Gasteiger partial charge in [-0.05, 0) is 47.8 Å². The highest BCUT2D eigenvalue weighted by Gasteiger charge is 2.50. The Balaban J connectivity index is 1.35. The van der Waals surface area contributed by atoms with E-state index in [2.05, 4.69) is 30.5 Å². The first-order valence-corrected chi connectivity index (χ1v) is 8.47. The van der Waals surface area contributed by atoms with Crippen molar-refractivity contribution in [1.82, 2.24) is 5.43 Å². The van der Waals surface area contributed by atoms with Crippen molar-refractivity contribution in [3.8, 4) is 11.5 Å². The van der Waals surface area contributed by atoms with Crippen LogP contribution in [0.5, 0.6) is 11.5 Å². The molecule has 1 saturated carbocycles. The van der Waals surface area contributed by atoms with E-state index in [1.54, 1.807) is 12.3 Å². The van der Waals surface area contributed by atoms with Gasteiger partial charge in [-0.15, -0.1) is 0 Å². The third-order valence-electron chi connectivity index (χ3n) is 5.70. The van der Waals surface area contributed by atoms with Gasteiger partial charge in [0.15, 0.2) is 11.5 Å². The van der Waals surface area contributed by atoms with Crippen molar-refractivity contribution in [2.24, 2.45) is 22.4 Å². The lowest BCUT2D eigenvalue weighted by molar-refractivity contribution is -0.130. The molecule has 3 aliphatic carbocycles. The summed E-state index contributed by atoms with van der Waals surface area (Å²) in [4.78, 5) is 12.2. The van der Waals surface area contributed by atoms with Crippen LogP contribution in [0.2, 0.25) is 0 Å². The monoisotopic (exact) mass is 326 g/mol. The van der Waals surface area contributed by atoms with Crippen molar-refractivity contribution in [2.75, 3.05) is 6.61 Å². The van der Waals surface area contributed by atoms with E-state index in [1.165, 1.54) is 12.0 Å². The molecule has 1 fully saturated rings. The number of amides is 1. The summed E-state index contributed by atoms with van der Waals surface area (Å²) in [5.41, 5.74) is 4.16. The van der Waals surface area contributed by atoms with Gasteiger partial charge >= 0.3 is 0 Å². The average Bonchev–Trinajstić information content (AvgIpc) is 2.61. The Morgan fingerprint density at radius 1 is 1.33 bits per heavy atom. The second-order valence-corrected chi connectivity index (χ2v) is 7.34. The van der Waals surface area contributed by atoms with E-state index < -0.39 is 6.10 Å². The minimum absolute atomic E-state index is 0.193. The summed E-state index contributed by atoms with van der Waals surface area (Å²) in [6, 6.07) is 7.34. The van der Waals surface area contributed by atoms with Gasteiger partial charge in [0.25, 0.3) is 5.91 Å². The molecule has 1 amide bonds. The Labute approximate surface area is 141 Å². The predicted octanol–water partition coefficient (Wildman–Crippen LogP) is 2.92. The molecular formula is C19H22N2O3. The van der Waals surface area contributed by atoms with Gasteiger partial charge in [0.05, 0.1) is 6.21 Å². The maximum atomic E-state index is 12.2. The Hall–Kier alpha value is -2.30. The second-order valence-electron chi connectivity index (χ2n) is 7.34. The van der Waals surface area contributed by atoms with Crippen LogP contribution in [0.4, 0.5) is 0 Å². The van der Waals surface area contributed by atoms with E-state index in [9.17, 15) is 4.79 Å². The Morgan fingerprint density at radius 2 is 2.12 bits per heavy atom. The van der Waals surface area contributed by atoms with E-state index in [1.807, 2.05) is 18.2 Å². The molecule has 2 bridgehead atoms. The van der Waals surface area contributed by atoms with E-state index in [4.69, 9.17) is 9.47 Å². The molecule has 1 aliphatic heterocycles. The molecule has 1 aromatic carbocycles. The first-order valence-electron chi connectivity index (χ1n) is 8.47. The van der Waals surface area contributed by atoms with Crippen LogP contribution in [-0.2, 0) is 4.79 Å². The number of nitrogens with zero attached hydrogens (tertiary/aromatic N) is 1. The van der Waals surface area contributed by atoms with Crippen LogP contribution in [0, 0.1) is 17.3 Å². The minimum Gasteiger partial charge on any atom is -0.485 e. The first kappa shape index (κ1) is 15.2.